The first-order valence-electron chi connectivity index (χ1n) is 5.92. The summed E-state index contributed by atoms with van der Waals surface area (Å²) in [5, 5.41) is 6.89. The van der Waals surface area contributed by atoms with Gasteiger partial charge in [-0.15, -0.1) is 0 Å². The molecule has 20 heavy (non-hydrogen) atoms. The van der Waals surface area contributed by atoms with E-state index in [0.29, 0.717) is 10.0 Å². The maximum atomic E-state index is 5.73. The van der Waals surface area contributed by atoms with E-state index in [0.717, 1.165) is 23.8 Å². The van der Waals surface area contributed by atoms with Crippen molar-refractivity contribution in [1.82, 2.24) is 5.32 Å². The number of anilines is 1. The minimum absolute atomic E-state index is 0.522. The van der Waals surface area contributed by atoms with E-state index in [1.165, 1.54) is 5.49 Å². The van der Waals surface area contributed by atoms with Crippen molar-refractivity contribution in [2.45, 2.75) is 13.5 Å². The standard InChI is InChI=1S/C7H5Cl2NS.C7H11NO/c8-6-2-1-5(10-4-11)3-7(6)9;1-6-3-4-7(9-6)5-8-2/h1-4H,(H,10,11);3-4,8H,5H2,1-2H3. The van der Waals surface area contributed by atoms with Gasteiger partial charge in [-0.2, -0.15) is 0 Å². The third-order valence-electron chi connectivity index (χ3n) is 2.29. The summed E-state index contributed by atoms with van der Waals surface area (Å²) in [6.07, 6.45) is 0. The van der Waals surface area contributed by atoms with Gasteiger partial charge < -0.3 is 15.1 Å². The van der Waals surface area contributed by atoms with Gasteiger partial charge in [0.1, 0.15) is 11.5 Å². The predicted molar refractivity (Wildman–Crippen MR) is 89.9 cm³/mol. The van der Waals surface area contributed by atoms with Crippen molar-refractivity contribution >= 4 is 46.6 Å². The summed E-state index contributed by atoms with van der Waals surface area (Å²) in [6.45, 7) is 2.76. The van der Waals surface area contributed by atoms with Crippen LogP contribution in [0.15, 0.2) is 34.7 Å². The monoisotopic (exact) mass is 330 g/mol. The van der Waals surface area contributed by atoms with Gasteiger partial charge in [-0.3, -0.25) is 0 Å². The Morgan fingerprint density at radius 1 is 1.20 bits per heavy atom. The van der Waals surface area contributed by atoms with Crippen molar-refractivity contribution in [2.24, 2.45) is 0 Å². The molecule has 0 bridgehead atoms. The van der Waals surface area contributed by atoms with E-state index < -0.39 is 0 Å². The quantitative estimate of drug-likeness (QED) is 0.799. The highest BCUT2D eigenvalue weighted by atomic mass is 35.5. The Morgan fingerprint density at radius 3 is 2.45 bits per heavy atom. The minimum Gasteiger partial charge on any atom is -0.465 e. The van der Waals surface area contributed by atoms with Gasteiger partial charge in [-0.05, 0) is 44.3 Å². The fourth-order valence-electron chi connectivity index (χ4n) is 1.41. The second kappa shape index (κ2) is 8.97. The van der Waals surface area contributed by atoms with Crippen LogP contribution in [-0.4, -0.2) is 12.5 Å². The molecule has 6 heteroatoms. The first kappa shape index (κ1) is 17.0. The highest BCUT2D eigenvalue weighted by molar-refractivity contribution is 7.79. The van der Waals surface area contributed by atoms with E-state index in [-0.39, 0.29) is 0 Å². The zero-order valence-corrected chi connectivity index (χ0v) is 13.6. The highest BCUT2D eigenvalue weighted by Gasteiger charge is 1.96. The minimum atomic E-state index is 0.522. The highest BCUT2D eigenvalue weighted by Crippen LogP contribution is 2.24. The molecule has 0 aliphatic carbocycles. The number of hydrogen-bond acceptors (Lipinski definition) is 3. The molecule has 3 nitrogen and oxygen atoms in total. The van der Waals surface area contributed by atoms with Crippen LogP contribution in [0.25, 0.3) is 0 Å². The predicted octanol–water partition coefficient (Wildman–Crippen LogP) is 4.67. The third-order valence-corrected chi connectivity index (χ3v) is 3.15. The van der Waals surface area contributed by atoms with Crippen molar-refractivity contribution in [3.63, 3.8) is 0 Å². The molecule has 1 aromatic heterocycles. The molecule has 0 aliphatic heterocycles. The van der Waals surface area contributed by atoms with Gasteiger partial charge >= 0.3 is 0 Å². The average Bonchev–Trinajstić information content (AvgIpc) is 2.81. The smallest absolute Gasteiger partial charge is 0.117 e. The molecular weight excluding hydrogens is 315 g/mol. The van der Waals surface area contributed by atoms with E-state index in [2.05, 4.69) is 22.9 Å². The second-order valence-corrected chi connectivity index (χ2v) is 4.98. The molecule has 0 amide bonds. The maximum absolute atomic E-state index is 5.73. The lowest BCUT2D eigenvalue weighted by atomic mass is 10.3. The number of thiocarbonyl (C=S) groups is 1. The Labute approximate surface area is 134 Å². The summed E-state index contributed by atoms with van der Waals surface area (Å²) in [6, 6.07) is 9.17. The summed E-state index contributed by atoms with van der Waals surface area (Å²) >= 11 is 16.0. The molecule has 0 fully saturated rings. The molecule has 0 saturated heterocycles. The zero-order chi connectivity index (χ0) is 15.0. The molecule has 0 radical (unpaired) electrons. The number of halogens is 2. The molecule has 0 spiro atoms. The molecule has 2 rings (SSSR count). The van der Waals surface area contributed by atoms with Gasteiger partial charge in [-0.1, -0.05) is 35.4 Å². The van der Waals surface area contributed by atoms with Crippen LogP contribution < -0.4 is 10.6 Å². The largest absolute Gasteiger partial charge is 0.465 e. The van der Waals surface area contributed by atoms with Crippen LogP contribution in [0.5, 0.6) is 0 Å². The number of aryl methyl sites for hydroxylation is 1. The molecule has 0 unspecified atom stereocenters. The summed E-state index contributed by atoms with van der Waals surface area (Å²) in [7, 11) is 1.90. The van der Waals surface area contributed by atoms with Crippen molar-refractivity contribution in [2.75, 3.05) is 12.4 Å². The molecule has 0 atom stereocenters. The lowest BCUT2D eigenvalue weighted by molar-refractivity contribution is 0.471. The fourth-order valence-corrected chi connectivity index (χ4v) is 1.84. The SMILES string of the molecule is CNCc1ccc(C)o1.S=CNc1ccc(Cl)c(Cl)c1. The van der Waals surface area contributed by atoms with Crippen LogP contribution in [0.4, 0.5) is 5.69 Å². The van der Waals surface area contributed by atoms with E-state index in [9.17, 15) is 0 Å². The van der Waals surface area contributed by atoms with Gasteiger partial charge in [0.15, 0.2) is 0 Å². The van der Waals surface area contributed by atoms with Crippen molar-refractivity contribution in [3.05, 3.63) is 51.9 Å². The molecule has 1 aromatic carbocycles. The summed E-state index contributed by atoms with van der Waals surface area (Å²) in [5.41, 5.74) is 2.26. The molecule has 2 N–H and O–H groups in total. The molecule has 0 saturated carbocycles. The summed E-state index contributed by atoms with van der Waals surface area (Å²) in [4.78, 5) is 0. The van der Waals surface area contributed by atoms with Gasteiger partial charge in [0.05, 0.1) is 22.1 Å². The lowest BCUT2D eigenvalue weighted by Crippen LogP contribution is -2.03. The van der Waals surface area contributed by atoms with Crippen LogP contribution in [0, 0.1) is 6.92 Å². The van der Waals surface area contributed by atoms with E-state index in [4.69, 9.17) is 27.6 Å². The number of furan rings is 1. The van der Waals surface area contributed by atoms with Crippen LogP contribution >= 0.6 is 35.4 Å². The Hall–Kier alpha value is -1.07. The first-order chi connectivity index (χ1) is 9.56. The number of benzene rings is 1. The maximum Gasteiger partial charge on any atom is 0.117 e. The Morgan fingerprint density at radius 2 is 1.95 bits per heavy atom. The van der Waals surface area contributed by atoms with Gasteiger partial charge in [0, 0.05) is 5.69 Å². The topological polar surface area (TPSA) is 37.2 Å². The van der Waals surface area contributed by atoms with E-state index in [1.807, 2.05) is 26.1 Å². The van der Waals surface area contributed by atoms with Crippen LogP contribution in [-0.2, 0) is 6.54 Å². The van der Waals surface area contributed by atoms with E-state index in [1.54, 1.807) is 18.2 Å². The normalized spacial score (nSPS) is 9.60. The van der Waals surface area contributed by atoms with Crippen LogP contribution in [0.2, 0.25) is 10.0 Å². The molecular formula is C14H16Cl2N2OS. The van der Waals surface area contributed by atoms with Crippen LogP contribution in [0.1, 0.15) is 11.5 Å². The second-order valence-electron chi connectivity index (χ2n) is 3.93. The Bertz CT molecular complexity index is 558. The van der Waals surface area contributed by atoms with Crippen molar-refractivity contribution in [3.8, 4) is 0 Å². The summed E-state index contributed by atoms with van der Waals surface area (Å²) in [5.74, 6) is 1.97. The number of rotatable bonds is 4. The van der Waals surface area contributed by atoms with Crippen molar-refractivity contribution in [1.29, 1.82) is 0 Å². The molecule has 108 valence electrons. The van der Waals surface area contributed by atoms with Crippen LogP contribution in [0.3, 0.4) is 0 Å². The molecule has 0 aliphatic rings. The fraction of sp³-hybridized carbons (Fsp3) is 0.214. The van der Waals surface area contributed by atoms with Gasteiger partial charge in [0.25, 0.3) is 0 Å². The van der Waals surface area contributed by atoms with E-state index >= 15 is 0 Å². The Balaban J connectivity index is 0.000000204. The van der Waals surface area contributed by atoms with Gasteiger partial charge in [-0.25, -0.2) is 0 Å². The first-order valence-corrected chi connectivity index (χ1v) is 7.14. The molecule has 1 heterocycles. The Kier molecular flexibility index (Phi) is 7.62. The summed E-state index contributed by atoms with van der Waals surface area (Å²) < 4.78 is 5.26. The zero-order valence-electron chi connectivity index (χ0n) is 11.2. The van der Waals surface area contributed by atoms with Gasteiger partial charge in [0.2, 0.25) is 0 Å². The van der Waals surface area contributed by atoms with Crippen molar-refractivity contribution < 1.29 is 4.42 Å². The third kappa shape index (κ3) is 5.92. The molecule has 2 aromatic rings. The number of hydrogen-bond donors (Lipinski definition) is 2. The number of nitrogens with one attached hydrogen (secondary N) is 2. The lowest BCUT2D eigenvalue weighted by Gasteiger charge is -2.00. The average molecular weight is 331 g/mol.